The summed E-state index contributed by atoms with van der Waals surface area (Å²) in [5, 5.41) is 2.85. The lowest BCUT2D eigenvalue weighted by Gasteiger charge is -2.37. The summed E-state index contributed by atoms with van der Waals surface area (Å²) in [7, 11) is 0. The van der Waals surface area contributed by atoms with E-state index in [1.165, 1.54) is 17.5 Å². The molecular formula is C24H31N5O3. The Morgan fingerprint density at radius 3 is 2.56 bits per heavy atom. The minimum Gasteiger partial charge on any atom is -0.459 e. The van der Waals surface area contributed by atoms with E-state index < -0.39 is 6.04 Å². The molecule has 1 saturated heterocycles. The molecule has 0 aromatic carbocycles. The van der Waals surface area contributed by atoms with Crippen LogP contribution in [0.15, 0.2) is 41.1 Å². The molecule has 32 heavy (non-hydrogen) atoms. The van der Waals surface area contributed by atoms with Gasteiger partial charge in [0, 0.05) is 38.9 Å². The van der Waals surface area contributed by atoms with E-state index in [4.69, 9.17) is 9.40 Å². The molecule has 4 rings (SSSR count). The highest BCUT2D eigenvalue weighted by molar-refractivity contribution is 5.95. The Labute approximate surface area is 188 Å². The number of carbonyl (C=O) groups excluding carboxylic acids is 2. The zero-order valence-corrected chi connectivity index (χ0v) is 19.2. The zero-order chi connectivity index (χ0) is 22.8. The van der Waals surface area contributed by atoms with Crippen LogP contribution in [0.3, 0.4) is 0 Å². The van der Waals surface area contributed by atoms with E-state index in [1.807, 2.05) is 25.7 Å². The fourth-order valence-corrected chi connectivity index (χ4v) is 4.17. The average Bonchev–Trinajstić information content (AvgIpc) is 3.40. The van der Waals surface area contributed by atoms with E-state index in [-0.39, 0.29) is 23.5 Å². The molecule has 1 N–H and O–H groups in total. The molecule has 1 fully saturated rings. The first kappa shape index (κ1) is 22.1. The van der Waals surface area contributed by atoms with Crippen molar-refractivity contribution in [2.24, 2.45) is 5.92 Å². The summed E-state index contributed by atoms with van der Waals surface area (Å²) in [6.45, 7) is 11.6. The van der Waals surface area contributed by atoms with Gasteiger partial charge in [-0.3, -0.25) is 14.5 Å². The summed E-state index contributed by atoms with van der Waals surface area (Å²) in [4.78, 5) is 34.5. The number of piperazine rings is 1. The van der Waals surface area contributed by atoms with Gasteiger partial charge in [-0.1, -0.05) is 13.8 Å². The second kappa shape index (κ2) is 9.16. The predicted octanol–water partition coefficient (Wildman–Crippen LogP) is 2.64. The number of imidazole rings is 1. The molecule has 1 aliphatic heterocycles. The first-order valence-electron chi connectivity index (χ1n) is 11.1. The largest absolute Gasteiger partial charge is 0.459 e. The number of rotatable bonds is 6. The van der Waals surface area contributed by atoms with Gasteiger partial charge in [0.15, 0.2) is 5.76 Å². The smallest absolute Gasteiger partial charge is 0.287 e. The van der Waals surface area contributed by atoms with Crippen LogP contribution in [0.25, 0.3) is 5.65 Å². The summed E-state index contributed by atoms with van der Waals surface area (Å²) >= 11 is 0. The average molecular weight is 438 g/mol. The minimum atomic E-state index is -0.580. The molecule has 3 aromatic rings. The summed E-state index contributed by atoms with van der Waals surface area (Å²) in [5.74, 6) is -0.212. The number of furan rings is 1. The number of nitrogens with one attached hydrogen (secondary N) is 1. The van der Waals surface area contributed by atoms with Crippen LogP contribution in [0.1, 0.15) is 41.4 Å². The fraction of sp³-hybridized carbons (Fsp3) is 0.458. The molecule has 1 atom stereocenters. The van der Waals surface area contributed by atoms with E-state index in [9.17, 15) is 9.59 Å². The topological polar surface area (TPSA) is 83.1 Å². The van der Waals surface area contributed by atoms with Crippen LogP contribution >= 0.6 is 0 Å². The minimum absolute atomic E-state index is 0.0243. The van der Waals surface area contributed by atoms with E-state index in [0.717, 1.165) is 31.0 Å². The van der Waals surface area contributed by atoms with Crippen LogP contribution in [0.2, 0.25) is 0 Å². The fourth-order valence-electron chi connectivity index (χ4n) is 4.17. The maximum atomic E-state index is 13.2. The SMILES string of the molecule is Cc1ccn2c(CN3CCN(C(=O)C(NC(=O)c4ccco4)C(C)C)CC3)c(C)nc2c1. The van der Waals surface area contributed by atoms with Gasteiger partial charge in [-0.25, -0.2) is 4.98 Å². The Kier molecular flexibility index (Phi) is 6.32. The normalized spacial score (nSPS) is 16.0. The van der Waals surface area contributed by atoms with Crippen molar-refractivity contribution in [3.63, 3.8) is 0 Å². The number of fused-ring (bicyclic) bond motifs is 1. The van der Waals surface area contributed by atoms with Crippen molar-refractivity contribution in [3.8, 4) is 0 Å². The quantitative estimate of drug-likeness (QED) is 0.641. The molecule has 0 saturated carbocycles. The number of aryl methyl sites for hydroxylation is 2. The highest BCUT2D eigenvalue weighted by atomic mass is 16.3. The molecule has 1 aliphatic rings. The van der Waals surface area contributed by atoms with Crippen LogP contribution < -0.4 is 5.32 Å². The van der Waals surface area contributed by atoms with Gasteiger partial charge >= 0.3 is 0 Å². The van der Waals surface area contributed by atoms with Crippen LogP contribution in [-0.4, -0.2) is 63.2 Å². The van der Waals surface area contributed by atoms with Crippen molar-refractivity contribution in [2.45, 2.75) is 40.3 Å². The molecule has 2 amide bonds. The van der Waals surface area contributed by atoms with Crippen molar-refractivity contribution in [1.29, 1.82) is 0 Å². The summed E-state index contributed by atoms with van der Waals surface area (Å²) < 4.78 is 7.31. The van der Waals surface area contributed by atoms with Gasteiger partial charge < -0.3 is 19.0 Å². The van der Waals surface area contributed by atoms with Gasteiger partial charge in [0.1, 0.15) is 11.7 Å². The third kappa shape index (κ3) is 4.55. The Morgan fingerprint density at radius 2 is 1.91 bits per heavy atom. The first-order chi connectivity index (χ1) is 15.3. The van der Waals surface area contributed by atoms with E-state index in [0.29, 0.717) is 13.1 Å². The number of nitrogens with zero attached hydrogens (tertiary/aromatic N) is 4. The summed E-state index contributed by atoms with van der Waals surface area (Å²) in [6.07, 6.45) is 3.53. The highest BCUT2D eigenvalue weighted by Gasteiger charge is 2.31. The van der Waals surface area contributed by atoms with Gasteiger partial charge in [-0.05, 0) is 49.6 Å². The maximum Gasteiger partial charge on any atom is 0.287 e. The zero-order valence-electron chi connectivity index (χ0n) is 19.2. The van der Waals surface area contributed by atoms with Crippen molar-refractivity contribution in [3.05, 3.63) is 59.4 Å². The highest BCUT2D eigenvalue weighted by Crippen LogP contribution is 2.17. The molecule has 1 unspecified atom stereocenters. The van der Waals surface area contributed by atoms with Crippen molar-refractivity contribution in [1.82, 2.24) is 24.5 Å². The Bertz CT molecular complexity index is 1090. The van der Waals surface area contributed by atoms with E-state index in [2.05, 4.69) is 39.9 Å². The molecule has 8 nitrogen and oxygen atoms in total. The lowest BCUT2D eigenvalue weighted by molar-refractivity contribution is -0.136. The lowest BCUT2D eigenvalue weighted by atomic mass is 10.0. The van der Waals surface area contributed by atoms with Gasteiger partial charge in [0.2, 0.25) is 5.91 Å². The van der Waals surface area contributed by atoms with Crippen LogP contribution in [0, 0.1) is 19.8 Å². The van der Waals surface area contributed by atoms with Crippen LogP contribution in [-0.2, 0) is 11.3 Å². The monoisotopic (exact) mass is 437 g/mol. The van der Waals surface area contributed by atoms with Crippen molar-refractivity contribution >= 4 is 17.5 Å². The number of carbonyl (C=O) groups is 2. The number of aromatic nitrogens is 2. The Balaban J connectivity index is 1.38. The Morgan fingerprint density at radius 1 is 1.16 bits per heavy atom. The third-order valence-corrected chi connectivity index (χ3v) is 6.10. The van der Waals surface area contributed by atoms with Gasteiger partial charge in [-0.15, -0.1) is 0 Å². The van der Waals surface area contributed by atoms with Crippen LogP contribution in [0.5, 0.6) is 0 Å². The Hall–Kier alpha value is -3.13. The standard InChI is InChI=1S/C24H31N5O3/c1-16(2)22(26-23(30)20-6-5-13-32-20)24(31)28-11-9-27(10-12-28)15-19-18(4)25-21-14-17(3)7-8-29(19)21/h5-8,13-14,16,22H,9-12,15H2,1-4H3,(H,26,30). The molecule has 8 heteroatoms. The van der Waals surface area contributed by atoms with Crippen molar-refractivity contribution < 1.29 is 14.0 Å². The molecule has 3 aromatic heterocycles. The molecule has 0 spiro atoms. The van der Waals surface area contributed by atoms with E-state index in [1.54, 1.807) is 12.1 Å². The second-order valence-electron chi connectivity index (χ2n) is 8.85. The number of hydrogen-bond donors (Lipinski definition) is 1. The number of hydrogen-bond acceptors (Lipinski definition) is 5. The molecule has 0 radical (unpaired) electrons. The van der Waals surface area contributed by atoms with Gasteiger partial charge in [0.25, 0.3) is 5.91 Å². The van der Waals surface area contributed by atoms with Crippen LogP contribution in [0.4, 0.5) is 0 Å². The maximum absolute atomic E-state index is 13.2. The molecule has 4 heterocycles. The second-order valence-corrected chi connectivity index (χ2v) is 8.85. The number of amides is 2. The molecule has 170 valence electrons. The summed E-state index contributed by atoms with van der Waals surface area (Å²) in [6, 6.07) is 6.86. The predicted molar refractivity (Wildman–Crippen MR) is 121 cm³/mol. The number of pyridine rings is 1. The molecule has 0 bridgehead atoms. The first-order valence-corrected chi connectivity index (χ1v) is 11.1. The van der Waals surface area contributed by atoms with Gasteiger partial charge in [0.05, 0.1) is 17.7 Å². The molecular weight excluding hydrogens is 406 g/mol. The van der Waals surface area contributed by atoms with Crippen molar-refractivity contribution in [2.75, 3.05) is 26.2 Å². The third-order valence-electron chi connectivity index (χ3n) is 6.10. The summed E-state index contributed by atoms with van der Waals surface area (Å²) in [5.41, 5.74) is 4.39. The molecule has 0 aliphatic carbocycles. The van der Waals surface area contributed by atoms with E-state index >= 15 is 0 Å². The van der Waals surface area contributed by atoms with Gasteiger partial charge in [-0.2, -0.15) is 0 Å². The lowest BCUT2D eigenvalue weighted by Crippen LogP contribution is -2.56.